The topological polar surface area (TPSA) is 113 Å². The molecule has 1 heterocycles. The summed E-state index contributed by atoms with van der Waals surface area (Å²) < 4.78 is 13.2. The molecule has 9 heteroatoms. The van der Waals surface area contributed by atoms with Crippen LogP contribution in [0.25, 0.3) is 11.0 Å². The zero-order valence-electron chi connectivity index (χ0n) is 15.5. The van der Waals surface area contributed by atoms with Crippen LogP contribution in [0.3, 0.4) is 0 Å². The number of nitro groups is 1. The van der Waals surface area contributed by atoms with Gasteiger partial charge in [0.1, 0.15) is 17.3 Å². The van der Waals surface area contributed by atoms with Crippen molar-refractivity contribution in [1.82, 2.24) is 15.3 Å². The molecule has 1 aromatic heterocycles. The van der Waals surface area contributed by atoms with E-state index in [-0.39, 0.29) is 29.0 Å². The van der Waals surface area contributed by atoms with E-state index in [4.69, 9.17) is 0 Å². The molecule has 8 nitrogen and oxygen atoms in total. The number of H-pyrrole nitrogens is 1. The summed E-state index contributed by atoms with van der Waals surface area (Å²) in [7, 11) is 0. The fourth-order valence-corrected chi connectivity index (χ4v) is 2.79. The largest absolute Gasteiger partial charge is 0.379 e. The van der Waals surface area contributed by atoms with Crippen LogP contribution in [0.1, 0.15) is 30.0 Å². The number of halogens is 1. The van der Waals surface area contributed by atoms with Crippen molar-refractivity contribution in [3.8, 4) is 0 Å². The van der Waals surface area contributed by atoms with Crippen LogP contribution in [0.4, 0.5) is 15.8 Å². The maximum absolute atomic E-state index is 13.2. The predicted molar refractivity (Wildman–Crippen MR) is 104 cm³/mol. The van der Waals surface area contributed by atoms with E-state index in [1.165, 1.54) is 30.3 Å². The Balaban J connectivity index is 1.70. The van der Waals surface area contributed by atoms with Crippen LogP contribution in [-0.2, 0) is 6.42 Å². The van der Waals surface area contributed by atoms with Crippen molar-refractivity contribution >= 4 is 28.3 Å². The van der Waals surface area contributed by atoms with Gasteiger partial charge in [-0.25, -0.2) is 9.37 Å². The molecule has 0 fully saturated rings. The monoisotopic (exact) mass is 385 g/mol. The maximum Gasteiger partial charge on any atom is 0.293 e. The van der Waals surface area contributed by atoms with Gasteiger partial charge in [-0.15, -0.1) is 0 Å². The Labute approximate surface area is 160 Å². The Morgan fingerprint density at radius 3 is 2.79 bits per heavy atom. The lowest BCUT2D eigenvalue weighted by atomic mass is 10.1. The fraction of sp³-hybridized carbons (Fsp3) is 0.263. The molecule has 0 aliphatic heterocycles. The zero-order chi connectivity index (χ0) is 20.3. The highest BCUT2D eigenvalue weighted by molar-refractivity contribution is 5.95. The van der Waals surface area contributed by atoms with Crippen LogP contribution >= 0.6 is 0 Å². The Kier molecular flexibility index (Phi) is 5.53. The van der Waals surface area contributed by atoms with Crippen LogP contribution in [0.15, 0.2) is 36.4 Å². The van der Waals surface area contributed by atoms with E-state index in [1.54, 1.807) is 6.07 Å². The second-order valence-electron chi connectivity index (χ2n) is 6.64. The number of nitrogens with one attached hydrogen (secondary N) is 3. The lowest BCUT2D eigenvalue weighted by molar-refractivity contribution is -0.384. The van der Waals surface area contributed by atoms with Crippen molar-refractivity contribution in [1.29, 1.82) is 0 Å². The first-order valence-electron chi connectivity index (χ1n) is 8.81. The summed E-state index contributed by atoms with van der Waals surface area (Å²) in [4.78, 5) is 30.3. The molecule has 3 aromatic rings. The zero-order valence-corrected chi connectivity index (χ0v) is 15.5. The molecule has 0 aliphatic carbocycles. The van der Waals surface area contributed by atoms with E-state index in [0.29, 0.717) is 35.5 Å². The summed E-state index contributed by atoms with van der Waals surface area (Å²) in [6, 6.07) is 8.53. The Hall–Kier alpha value is -3.49. The Bertz CT molecular complexity index is 1030. The number of amides is 1. The van der Waals surface area contributed by atoms with Crippen molar-refractivity contribution < 1.29 is 14.1 Å². The van der Waals surface area contributed by atoms with Gasteiger partial charge in [0.15, 0.2) is 0 Å². The number of carbonyl (C=O) groups is 1. The fourth-order valence-electron chi connectivity index (χ4n) is 2.79. The van der Waals surface area contributed by atoms with E-state index < -0.39 is 4.92 Å². The lowest BCUT2D eigenvalue weighted by Crippen LogP contribution is -2.30. The number of benzene rings is 2. The highest BCUT2D eigenvalue weighted by atomic mass is 19.1. The second kappa shape index (κ2) is 8.03. The van der Waals surface area contributed by atoms with E-state index in [9.17, 15) is 19.3 Å². The van der Waals surface area contributed by atoms with Crippen molar-refractivity contribution in [2.24, 2.45) is 0 Å². The summed E-state index contributed by atoms with van der Waals surface area (Å²) in [6.45, 7) is 4.00. The van der Waals surface area contributed by atoms with Gasteiger partial charge in [-0.1, -0.05) is 0 Å². The van der Waals surface area contributed by atoms with Crippen LogP contribution in [-0.4, -0.2) is 33.4 Å². The van der Waals surface area contributed by atoms with Crippen LogP contribution < -0.4 is 10.6 Å². The first-order chi connectivity index (χ1) is 13.3. The minimum Gasteiger partial charge on any atom is -0.379 e. The van der Waals surface area contributed by atoms with Crippen LogP contribution in [0.2, 0.25) is 0 Å². The van der Waals surface area contributed by atoms with E-state index >= 15 is 0 Å². The van der Waals surface area contributed by atoms with Gasteiger partial charge < -0.3 is 15.6 Å². The summed E-state index contributed by atoms with van der Waals surface area (Å²) in [6.07, 6.45) is 0.461. The van der Waals surface area contributed by atoms with Gasteiger partial charge in [-0.3, -0.25) is 14.9 Å². The highest BCUT2D eigenvalue weighted by Gasteiger charge is 2.18. The first-order valence-corrected chi connectivity index (χ1v) is 8.81. The van der Waals surface area contributed by atoms with Crippen molar-refractivity contribution in [3.63, 3.8) is 0 Å². The molecule has 0 saturated carbocycles. The van der Waals surface area contributed by atoms with Gasteiger partial charge in [-0.05, 0) is 44.2 Å². The normalized spacial score (nSPS) is 11.0. The summed E-state index contributed by atoms with van der Waals surface area (Å²) in [5, 5.41) is 17.1. The molecule has 0 radical (unpaired) electrons. The van der Waals surface area contributed by atoms with Crippen LogP contribution in [0.5, 0.6) is 0 Å². The molecule has 0 atom stereocenters. The maximum atomic E-state index is 13.2. The number of nitro benzene ring substituents is 1. The predicted octanol–water partition coefficient (Wildman–Crippen LogP) is 3.40. The number of hydrogen-bond acceptors (Lipinski definition) is 5. The van der Waals surface area contributed by atoms with Gasteiger partial charge in [0, 0.05) is 30.6 Å². The molecule has 0 spiro atoms. The number of imidazole rings is 1. The number of fused-ring (bicyclic) bond motifs is 1. The number of hydrogen-bond donors (Lipinski definition) is 3. The van der Waals surface area contributed by atoms with Gasteiger partial charge in [0.05, 0.1) is 16.0 Å². The number of aromatic nitrogens is 2. The van der Waals surface area contributed by atoms with Gasteiger partial charge in [0.2, 0.25) is 0 Å². The third-order valence-corrected chi connectivity index (χ3v) is 4.05. The molecule has 146 valence electrons. The van der Waals surface area contributed by atoms with Crippen molar-refractivity contribution in [2.45, 2.75) is 26.3 Å². The average molecular weight is 385 g/mol. The number of nitrogens with zero attached hydrogens (tertiary/aromatic N) is 2. The SMILES string of the molecule is CC(C)NC(=O)c1ccc(NCCc2nc3ccc(F)cc3[nH]2)c([N+](=O)[O-])c1. The lowest BCUT2D eigenvalue weighted by Gasteiger charge is -2.10. The quantitative estimate of drug-likeness (QED) is 0.426. The molecule has 0 aliphatic rings. The molecule has 0 bridgehead atoms. The summed E-state index contributed by atoms with van der Waals surface area (Å²) in [5.74, 6) is -0.0686. The third kappa shape index (κ3) is 4.43. The second-order valence-corrected chi connectivity index (χ2v) is 6.64. The molecule has 0 unspecified atom stereocenters. The van der Waals surface area contributed by atoms with E-state index in [1.807, 2.05) is 13.8 Å². The van der Waals surface area contributed by atoms with Gasteiger partial charge in [-0.2, -0.15) is 0 Å². The number of aromatic amines is 1. The Morgan fingerprint density at radius 2 is 2.07 bits per heavy atom. The summed E-state index contributed by atoms with van der Waals surface area (Å²) >= 11 is 0. The molecule has 3 rings (SSSR count). The Morgan fingerprint density at radius 1 is 1.29 bits per heavy atom. The number of anilines is 1. The van der Waals surface area contributed by atoms with Gasteiger partial charge >= 0.3 is 0 Å². The van der Waals surface area contributed by atoms with E-state index in [0.717, 1.165) is 0 Å². The number of rotatable bonds is 7. The molecular weight excluding hydrogens is 365 g/mol. The van der Waals surface area contributed by atoms with Gasteiger partial charge in [0.25, 0.3) is 11.6 Å². The molecule has 3 N–H and O–H groups in total. The molecule has 0 saturated heterocycles. The molecule has 28 heavy (non-hydrogen) atoms. The van der Waals surface area contributed by atoms with Crippen molar-refractivity contribution in [2.75, 3.05) is 11.9 Å². The van der Waals surface area contributed by atoms with Crippen LogP contribution in [0, 0.1) is 15.9 Å². The molecule has 1 amide bonds. The first kappa shape index (κ1) is 19.3. The standard InChI is InChI=1S/C19H20FN5O3/c1-11(2)22-19(26)12-3-5-15(17(9-12)25(27)28)21-8-7-18-23-14-6-4-13(20)10-16(14)24-18/h3-6,9-11,21H,7-8H2,1-2H3,(H,22,26)(H,23,24). The van der Waals surface area contributed by atoms with E-state index in [2.05, 4.69) is 20.6 Å². The minimum atomic E-state index is -0.529. The molecule has 2 aromatic carbocycles. The highest BCUT2D eigenvalue weighted by Crippen LogP contribution is 2.25. The van der Waals surface area contributed by atoms with Crippen molar-refractivity contribution in [3.05, 3.63) is 63.7 Å². The summed E-state index contributed by atoms with van der Waals surface area (Å²) in [5.41, 5.74) is 1.62. The minimum absolute atomic E-state index is 0.0679. The average Bonchev–Trinajstić information content (AvgIpc) is 3.02. The number of carbonyl (C=O) groups excluding carboxylic acids is 1. The molecular formula is C19H20FN5O3. The third-order valence-electron chi connectivity index (χ3n) is 4.05. The smallest absolute Gasteiger partial charge is 0.293 e.